The van der Waals surface area contributed by atoms with E-state index in [0.29, 0.717) is 38.3 Å². The lowest BCUT2D eigenvalue weighted by molar-refractivity contribution is -0.140. The SMILES string of the molecule is CC[C@H](C(=O)NC1CCCC1)N(Cc1ccc(Cl)c(Cl)c1)C(=O)CN(c1cc(Cl)ccc1C)S(C)(=O)=O. The highest BCUT2D eigenvalue weighted by Crippen LogP contribution is 2.28. The van der Waals surface area contributed by atoms with E-state index in [2.05, 4.69) is 5.32 Å². The van der Waals surface area contributed by atoms with Crippen molar-refractivity contribution in [1.29, 1.82) is 0 Å². The smallest absolute Gasteiger partial charge is 0.244 e. The molecule has 1 aliphatic carbocycles. The Balaban J connectivity index is 1.97. The summed E-state index contributed by atoms with van der Waals surface area (Å²) in [5.74, 6) is -0.781. The number of nitrogens with zero attached hydrogens (tertiary/aromatic N) is 2. The Labute approximate surface area is 234 Å². The maximum atomic E-state index is 13.8. The van der Waals surface area contributed by atoms with E-state index in [1.54, 1.807) is 37.3 Å². The van der Waals surface area contributed by atoms with Crippen molar-refractivity contribution in [3.05, 3.63) is 62.6 Å². The van der Waals surface area contributed by atoms with Crippen LogP contribution in [0.4, 0.5) is 5.69 Å². The second-order valence-corrected chi connectivity index (χ2v) is 12.5. The van der Waals surface area contributed by atoms with Crippen LogP contribution in [-0.4, -0.2) is 50.0 Å². The molecule has 2 amide bonds. The molecule has 0 spiro atoms. The van der Waals surface area contributed by atoms with E-state index < -0.39 is 28.5 Å². The zero-order chi connectivity index (χ0) is 27.3. The lowest BCUT2D eigenvalue weighted by Crippen LogP contribution is -2.53. The minimum atomic E-state index is -3.85. The van der Waals surface area contributed by atoms with E-state index >= 15 is 0 Å². The minimum Gasteiger partial charge on any atom is -0.352 e. The Morgan fingerprint density at radius 3 is 2.32 bits per heavy atom. The fourth-order valence-electron chi connectivity index (χ4n) is 4.57. The normalized spacial score (nSPS) is 14.9. The molecule has 1 N–H and O–H groups in total. The van der Waals surface area contributed by atoms with Gasteiger partial charge in [0.25, 0.3) is 0 Å². The number of benzene rings is 2. The molecule has 3 rings (SSSR count). The zero-order valence-electron chi connectivity index (χ0n) is 21.1. The molecule has 1 aliphatic rings. The molecule has 0 aromatic heterocycles. The van der Waals surface area contributed by atoms with Gasteiger partial charge in [0.1, 0.15) is 12.6 Å². The number of hydrogen-bond donors (Lipinski definition) is 1. The number of halogens is 3. The topological polar surface area (TPSA) is 86.8 Å². The first-order chi connectivity index (χ1) is 17.4. The van der Waals surface area contributed by atoms with Gasteiger partial charge in [-0.25, -0.2) is 8.42 Å². The van der Waals surface area contributed by atoms with Crippen LogP contribution in [0.5, 0.6) is 0 Å². The summed E-state index contributed by atoms with van der Waals surface area (Å²) < 4.78 is 26.6. The first-order valence-corrected chi connectivity index (χ1v) is 15.2. The maximum Gasteiger partial charge on any atom is 0.244 e. The molecular weight excluding hydrogens is 557 g/mol. The molecule has 0 heterocycles. The number of rotatable bonds is 10. The predicted molar refractivity (Wildman–Crippen MR) is 150 cm³/mol. The zero-order valence-corrected chi connectivity index (χ0v) is 24.2. The highest BCUT2D eigenvalue weighted by Gasteiger charge is 2.33. The second-order valence-electron chi connectivity index (χ2n) is 9.38. The summed E-state index contributed by atoms with van der Waals surface area (Å²) in [5, 5.41) is 4.11. The molecule has 0 aliphatic heterocycles. The van der Waals surface area contributed by atoms with E-state index in [0.717, 1.165) is 36.2 Å². The molecule has 7 nitrogen and oxygen atoms in total. The third kappa shape index (κ3) is 7.76. The first-order valence-electron chi connectivity index (χ1n) is 12.2. The monoisotopic (exact) mass is 587 g/mol. The number of carbonyl (C=O) groups excluding carboxylic acids is 2. The number of anilines is 1. The molecule has 202 valence electrons. The van der Waals surface area contributed by atoms with Crippen molar-refractivity contribution in [3.8, 4) is 0 Å². The highest BCUT2D eigenvalue weighted by molar-refractivity contribution is 7.92. The van der Waals surface area contributed by atoms with Crippen LogP contribution in [0.3, 0.4) is 0 Å². The Morgan fingerprint density at radius 2 is 1.73 bits per heavy atom. The molecule has 1 atom stereocenters. The summed E-state index contributed by atoms with van der Waals surface area (Å²) in [6.07, 6.45) is 5.29. The standard InChI is InChI=1S/C26H32Cl3N3O4S/c1-4-23(26(34)30-20-7-5-6-8-20)31(15-18-10-12-21(28)22(29)13-18)25(33)16-32(37(3,35)36)24-14-19(27)11-9-17(24)2/h9-14,20,23H,4-8,15-16H2,1-3H3,(H,30,34)/t23-/m1/s1. The molecule has 1 saturated carbocycles. The lowest BCUT2D eigenvalue weighted by Gasteiger charge is -2.33. The lowest BCUT2D eigenvalue weighted by atomic mass is 10.1. The fraction of sp³-hybridized carbons (Fsp3) is 0.462. The molecule has 0 radical (unpaired) electrons. The van der Waals surface area contributed by atoms with Gasteiger partial charge in [-0.3, -0.25) is 13.9 Å². The Hall–Kier alpha value is -2.00. The highest BCUT2D eigenvalue weighted by atomic mass is 35.5. The summed E-state index contributed by atoms with van der Waals surface area (Å²) in [4.78, 5) is 28.6. The van der Waals surface area contributed by atoms with Crippen LogP contribution in [0.15, 0.2) is 36.4 Å². The molecular formula is C26H32Cl3N3O4S. The average molecular weight is 589 g/mol. The Bertz CT molecular complexity index is 1250. The Kier molecular flexibility index (Phi) is 10.1. The molecule has 37 heavy (non-hydrogen) atoms. The quantitative estimate of drug-likeness (QED) is 0.392. The van der Waals surface area contributed by atoms with Gasteiger partial charge < -0.3 is 10.2 Å². The van der Waals surface area contributed by atoms with Gasteiger partial charge in [-0.2, -0.15) is 0 Å². The van der Waals surface area contributed by atoms with Crippen molar-refractivity contribution in [2.45, 2.75) is 64.6 Å². The average Bonchev–Trinajstić information content (AvgIpc) is 3.33. The van der Waals surface area contributed by atoms with Crippen molar-refractivity contribution < 1.29 is 18.0 Å². The third-order valence-electron chi connectivity index (χ3n) is 6.54. The fourth-order valence-corrected chi connectivity index (χ4v) is 5.95. The van der Waals surface area contributed by atoms with Crippen LogP contribution in [0, 0.1) is 6.92 Å². The van der Waals surface area contributed by atoms with Crippen LogP contribution in [0.25, 0.3) is 0 Å². The van der Waals surface area contributed by atoms with Gasteiger partial charge in [-0.05, 0) is 61.6 Å². The van der Waals surface area contributed by atoms with E-state index in [9.17, 15) is 18.0 Å². The largest absolute Gasteiger partial charge is 0.352 e. The molecule has 0 unspecified atom stereocenters. The molecule has 1 fully saturated rings. The van der Waals surface area contributed by atoms with Gasteiger partial charge in [0.2, 0.25) is 21.8 Å². The van der Waals surface area contributed by atoms with Crippen LogP contribution in [-0.2, 0) is 26.2 Å². The van der Waals surface area contributed by atoms with Crippen molar-refractivity contribution in [3.63, 3.8) is 0 Å². The summed E-state index contributed by atoms with van der Waals surface area (Å²) in [6, 6.07) is 9.12. The molecule has 0 saturated heterocycles. The van der Waals surface area contributed by atoms with Gasteiger partial charge >= 0.3 is 0 Å². The molecule has 0 bridgehead atoms. The van der Waals surface area contributed by atoms with Crippen molar-refractivity contribution in [2.75, 3.05) is 17.1 Å². The van der Waals surface area contributed by atoms with Gasteiger partial charge in [-0.15, -0.1) is 0 Å². The summed E-state index contributed by atoms with van der Waals surface area (Å²) >= 11 is 18.4. The number of sulfonamides is 1. The van der Waals surface area contributed by atoms with E-state index in [1.165, 1.54) is 11.0 Å². The van der Waals surface area contributed by atoms with Gasteiger partial charge in [0.15, 0.2) is 0 Å². The number of hydrogen-bond acceptors (Lipinski definition) is 4. The van der Waals surface area contributed by atoms with Gasteiger partial charge in [0.05, 0.1) is 22.0 Å². The number of aryl methyl sites for hydroxylation is 1. The summed E-state index contributed by atoms with van der Waals surface area (Å²) in [7, 11) is -3.85. The van der Waals surface area contributed by atoms with Crippen LogP contribution in [0.2, 0.25) is 15.1 Å². The van der Waals surface area contributed by atoms with E-state index in [-0.39, 0.29) is 18.5 Å². The number of amides is 2. The van der Waals surface area contributed by atoms with Gasteiger partial charge in [-0.1, -0.05) is 66.7 Å². The van der Waals surface area contributed by atoms with E-state index in [4.69, 9.17) is 34.8 Å². The maximum absolute atomic E-state index is 13.8. The first kappa shape index (κ1) is 29.6. The number of carbonyl (C=O) groups is 2. The van der Waals surface area contributed by atoms with Crippen molar-refractivity contribution in [2.24, 2.45) is 0 Å². The predicted octanol–water partition coefficient (Wildman–Crippen LogP) is 5.59. The van der Waals surface area contributed by atoms with Crippen LogP contribution in [0.1, 0.15) is 50.2 Å². The number of nitrogens with one attached hydrogen (secondary N) is 1. The van der Waals surface area contributed by atoms with Crippen molar-refractivity contribution >= 4 is 62.3 Å². The van der Waals surface area contributed by atoms with Crippen molar-refractivity contribution in [1.82, 2.24) is 10.2 Å². The Morgan fingerprint density at radius 1 is 1.05 bits per heavy atom. The van der Waals surface area contributed by atoms with Crippen LogP contribution >= 0.6 is 34.8 Å². The third-order valence-corrected chi connectivity index (χ3v) is 8.64. The molecule has 2 aromatic carbocycles. The van der Waals surface area contributed by atoms with Gasteiger partial charge in [0, 0.05) is 17.6 Å². The molecule has 2 aromatic rings. The minimum absolute atomic E-state index is 0.0540. The summed E-state index contributed by atoms with van der Waals surface area (Å²) in [6.45, 7) is 3.13. The second kappa shape index (κ2) is 12.7. The van der Waals surface area contributed by atoms with E-state index in [1.807, 2.05) is 6.92 Å². The summed E-state index contributed by atoms with van der Waals surface area (Å²) in [5.41, 5.74) is 1.62. The van der Waals surface area contributed by atoms with Crippen LogP contribution < -0.4 is 9.62 Å². The molecule has 11 heteroatoms.